The van der Waals surface area contributed by atoms with Crippen molar-refractivity contribution in [1.82, 2.24) is 42.1 Å². The predicted octanol–water partition coefficient (Wildman–Crippen LogP) is -0.610. The highest BCUT2D eigenvalue weighted by molar-refractivity contribution is 7.98. The van der Waals surface area contributed by atoms with E-state index in [4.69, 9.17) is 0 Å². The summed E-state index contributed by atoms with van der Waals surface area (Å²) in [7, 11) is 1.51. The third kappa shape index (κ3) is 17.0. The lowest BCUT2D eigenvalue weighted by Crippen LogP contribution is -2.50. The lowest BCUT2D eigenvalue weighted by Gasteiger charge is -2.26. The van der Waals surface area contributed by atoms with Crippen LogP contribution in [-0.4, -0.2) is 124 Å². The number of benzene rings is 1. The highest BCUT2D eigenvalue weighted by Gasteiger charge is 2.20. The number of fused-ring (bicyclic) bond motifs is 29. The Morgan fingerprint density at radius 3 is 1.85 bits per heavy atom. The second-order valence-electron chi connectivity index (χ2n) is 12.5. The first-order valence-electron chi connectivity index (χ1n) is 16.5. The van der Waals surface area contributed by atoms with Crippen LogP contribution in [0.3, 0.4) is 0 Å². The fraction of sp³-hybridized carbons (Fsp3) is 0.636. The van der Waals surface area contributed by atoms with Gasteiger partial charge in [0.2, 0.25) is 29.5 Å². The molecule has 0 aliphatic carbocycles. The maximum Gasteiger partial charge on any atom is 0.239 e. The zero-order chi connectivity index (χ0) is 35.5. The van der Waals surface area contributed by atoms with E-state index in [0.717, 1.165) is 5.56 Å². The molecule has 268 valence electrons. The van der Waals surface area contributed by atoms with Crippen LogP contribution in [0.1, 0.15) is 56.5 Å². The van der Waals surface area contributed by atoms with Crippen LogP contribution in [0.25, 0.3) is 0 Å². The summed E-state index contributed by atoms with van der Waals surface area (Å²) >= 11 is 1.58. The normalized spacial score (nSPS) is 24.8. The molecule has 1 aromatic carbocycles. The molecule has 0 saturated heterocycles. The number of ketones is 1. The number of likely N-dealkylation sites (N-methyl/N-ethyl adjacent to an activating group) is 1. The highest BCUT2D eigenvalue weighted by Crippen LogP contribution is 2.17. The van der Waals surface area contributed by atoms with Gasteiger partial charge in [-0.3, -0.25) is 28.8 Å². The van der Waals surface area contributed by atoms with Gasteiger partial charge in [0.1, 0.15) is 0 Å². The van der Waals surface area contributed by atoms with Crippen LogP contribution in [0.4, 0.5) is 0 Å². The minimum absolute atomic E-state index is 0.0168. The third-order valence-corrected chi connectivity index (χ3v) is 8.50. The summed E-state index contributed by atoms with van der Waals surface area (Å²) in [6.07, 6.45) is 0.572. The van der Waals surface area contributed by atoms with Crippen LogP contribution in [0.5, 0.6) is 0 Å². The maximum atomic E-state index is 13.1. The second-order valence-corrected chi connectivity index (χ2v) is 13.6. The van der Waals surface area contributed by atoms with Crippen molar-refractivity contribution >= 4 is 47.1 Å². The average molecular weight is 691 g/mol. The summed E-state index contributed by atoms with van der Waals surface area (Å²) in [6, 6.07) is 6.63. The lowest BCUT2D eigenvalue weighted by molar-refractivity contribution is -0.136. The van der Waals surface area contributed by atoms with Crippen molar-refractivity contribution in [2.75, 3.05) is 65.2 Å². The van der Waals surface area contributed by atoms with E-state index >= 15 is 0 Å². The number of Topliss-reactive ketones (excluding diaryl/α,β-unsaturated/α-hetero) is 1. The summed E-state index contributed by atoms with van der Waals surface area (Å²) in [6.45, 7) is 8.95. The molecule has 3 rings (SSSR count). The fourth-order valence-corrected chi connectivity index (χ4v) is 5.89. The molecule has 14 nitrogen and oxygen atoms in total. The number of rotatable bonds is 2. The first-order valence-corrected chi connectivity index (χ1v) is 17.7. The number of carbonyl (C=O) groups excluding carboxylic acids is 6. The molecular weight excluding hydrogens is 636 g/mol. The zero-order valence-electron chi connectivity index (χ0n) is 28.9. The molecule has 4 atom stereocenters. The maximum absolute atomic E-state index is 13.1. The van der Waals surface area contributed by atoms with E-state index in [1.807, 2.05) is 45.0 Å². The summed E-state index contributed by atoms with van der Waals surface area (Å²) in [5.74, 6) is 0.122. The molecular formula is C33H54N8O6S. The Morgan fingerprint density at radius 1 is 0.792 bits per heavy atom. The molecule has 2 aliphatic heterocycles. The number of thioether (sulfide) groups is 1. The van der Waals surface area contributed by atoms with Gasteiger partial charge in [-0.2, -0.15) is 11.8 Å². The predicted molar refractivity (Wildman–Crippen MR) is 187 cm³/mol. The molecule has 2 aliphatic rings. The van der Waals surface area contributed by atoms with Gasteiger partial charge < -0.3 is 42.1 Å². The molecule has 5 amide bonds. The van der Waals surface area contributed by atoms with Gasteiger partial charge in [0.05, 0.1) is 26.2 Å². The SMILES string of the molecule is CNC(=O)CN1C[C@H](C)NC(=O)CNC[C@H](C)NC(=O)CNC[C@H](C)NC(=O)CNC[C@H](C)CC(=O)c2ccc(cc2)CSCCC1=O. The van der Waals surface area contributed by atoms with Gasteiger partial charge in [0.25, 0.3) is 0 Å². The molecule has 15 heteroatoms. The summed E-state index contributed by atoms with van der Waals surface area (Å²) in [4.78, 5) is 76.7. The van der Waals surface area contributed by atoms with Gasteiger partial charge in [-0.15, -0.1) is 0 Å². The Morgan fingerprint density at radius 2 is 1.31 bits per heavy atom. The van der Waals surface area contributed by atoms with Crippen molar-refractivity contribution in [3.05, 3.63) is 35.4 Å². The van der Waals surface area contributed by atoms with Crippen molar-refractivity contribution in [2.45, 2.75) is 64.4 Å². The van der Waals surface area contributed by atoms with Gasteiger partial charge in [0, 0.05) is 74.7 Å². The summed E-state index contributed by atoms with van der Waals surface area (Å²) in [5, 5.41) is 20.3. The number of carbonyl (C=O) groups is 6. The van der Waals surface area contributed by atoms with E-state index in [1.54, 1.807) is 18.7 Å². The van der Waals surface area contributed by atoms with E-state index in [9.17, 15) is 28.8 Å². The Bertz CT molecular complexity index is 1220. The molecule has 0 aromatic heterocycles. The number of nitrogens with zero attached hydrogens (tertiary/aromatic N) is 1. The van der Waals surface area contributed by atoms with Gasteiger partial charge in [-0.05, 0) is 38.8 Å². The van der Waals surface area contributed by atoms with E-state index in [-0.39, 0.29) is 92.5 Å². The highest BCUT2D eigenvalue weighted by atomic mass is 32.2. The number of hydrogen-bond acceptors (Lipinski definition) is 10. The standard InChI is InChI=1S/C33H54N8O6S/c1-22-12-28(42)27-8-6-26(7-9-27)21-48-11-10-33(47)41(20-32(46)34-5)19-25(4)40-31(45)18-37-15-24(3)39-30(44)17-36-14-23(2)38-29(43)16-35-13-22/h6-9,22-25,35-37H,10-21H2,1-5H3,(H,34,46)(H,38,43)(H,39,44)(H,40,45)/t22-,23+,24+,25+/m1/s1. The van der Waals surface area contributed by atoms with E-state index in [2.05, 4.69) is 37.2 Å². The van der Waals surface area contributed by atoms with Gasteiger partial charge in [-0.25, -0.2) is 0 Å². The second kappa shape index (κ2) is 22.2. The Labute approximate surface area is 288 Å². The van der Waals surface area contributed by atoms with Crippen LogP contribution in [0, 0.1) is 5.92 Å². The zero-order valence-corrected chi connectivity index (χ0v) is 29.7. The van der Waals surface area contributed by atoms with Crippen molar-refractivity contribution in [3.63, 3.8) is 0 Å². The van der Waals surface area contributed by atoms with Crippen LogP contribution >= 0.6 is 11.8 Å². The van der Waals surface area contributed by atoms with E-state index < -0.39 is 6.04 Å². The Hall–Kier alpha value is -3.53. The number of hydrogen-bond donors (Lipinski definition) is 7. The fourth-order valence-electron chi connectivity index (χ4n) is 5.00. The van der Waals surface area contributed by atoms with Crippen LogP contribution in [0.2, 0.25) is 0 Å². The van der Waals surface area contributed by atoms with E-state index in [1.165, 1.54) is 11.9 Å². The van der Waals surface area contributed by atoms with Gasteiger partial charge in [0.15, 0.2) is 5.78 Å². The molecule has 48 heavy (non-hydrogen) atoms. The Balaban J connectivity index is 2.02. The minimum atomic E-state index is -0.398. The molecule has 0 unspecified atom stereocenters. The monoisotopic (exact) mass is 690 g/mol. The van der Waals surface area contributed by atoms with E-state index in [0.29, 0.717) is 43.1 Å². The molecule has 2 bridgehead atoms. The van der Waals surface area contributed by atoms with Crippen LogP contribution in [0.15, 0.2) is 24.3 Å². The summed E-state index contributed by atoms with van der Waals surface area (Å²) in [5.41, 5.74) is 1.66. The lowest BCUT2D eigenvalue weighted by atomic mass is 9.99. The molecule has 7 N–H and O–H groups in total. The average Bonchev–Trinajstić information content (AvgIpc) is 3.02. The molecule has 0 spiro atoms. The van der Waals surface area contributed by atoms with Crippen molar-refractivity contribution < 1.29 is 28.8 Å². The number of nitrogens with one attached hydrogen (secondary N) is 7. The first kappa shape index (κ1) is 40.6. The molecule has 1 aromatic rings. The van der Waals surface area contributed by atoms with Crippen LogP contribution < -0.4 is 37.2 Å². The molecule has 0 radical (unpaired) electrons. The quantitative estimate of drug-likeness (QED) is 0.197. The summed E-state index contributed by atoms with van der Waals surface area (Å²) < 4.78 is 0. The smallest absolute Gasteiger partial charge is 0.239 e. The molecule has 2 heterocycles. The van der Waals surface area contributed by atoms with Gasteiger partial charge in [-0.1, -0.05) is 31.2 Å². The minimum Gasteiger partial charge on any atom is -0.358 e. The van der Waals surface area contributed by atoms with Gasteiger partial charge >= 0.3 is 0 Å². The molecule has 0 fully saturated rings. The Kier molecular flexibility index (Phi) is 18.8. The van der Waals surface area contributed by atoms with Crippen LogP contribution in [-0.2, 0) is 29.7 Å². The largest absolute Gasteiger partial charge is 0.358 e. The third-order valence-electron chi connectivity index (χ3n) is 7.47. The topological polar surface area (TPSA) is 190 Å². The van der Waals surface area contributed by atoms with Crippen molar-refractivity contribution in [3.8, 4) is 0 Å². The number of amides is 5. The molecule has 0 saturated carbocycles. The first-order chi connectivity index (χ1) is 22.9. The van der Waals surface area contributed by atoms with Crippen molar-refractivity contribution in [1.29, 1.82) is 0 Å². The van der Waals surface area contributed by atoms with Crippen molar-refractivity contribution in [2.24, 2.45) is 5.92 Å².